The molecule has 0 aliphatic rings. The highest BCUT2D eigenvalue weighted by Crippen LogP contribution is 2.31. The number of thiocarbonyl (C=S) groups is 2. The highest BCUT2D eigenvalue weighted by Gasteiger charge is 2.32. The average Bonchev–Trinajstić information content (AvgIpc) is 2.26. The zero-order valence-electron chi connectivity index (χ0n) is 8.57. The van der Waals surface area contributed by atoms with Gasteiger partial charge in [0, 0.05) is 0 Å². The van der Waals surface area contributed by atoms with Gasteiger partial charge in [0.2, 0.25) is 0 Å². The maximum absolute atomic E-state index is 12.4. The molecule has 0 fully saturated rings. The lowest BCUT2D eigenvalue weighted by Crippen LogP contribution is -2.08. The first-order valence-electron chi connectivity index (χ1n) is 4.31. The van der Waals surface area contributed by atoms with Gasteiger partial charge in [-0.05, 0) is 23.8 Å². The smallest absolute Gasteiger partial charge is 0.396 e. The number of halogens is 3. The standard InChI is InChI=1S/C9H6F3NS.CH3NS/c10-9(11,12)8-4-2-1-3-7(8)5-13-6-14;2-1-3/h1-4H,5H2;1H,(H2,2,3). The van der Waals surface area contributed by atoms with Crippen LogP contribution in [0.4, 0.5) is 13.2 Å². The van der Waals surface area contributed by atoms with Gasteiger partial charge in [-0.3, -0.25) is 0 Å². The molecule has 0 saturated heterocycles. The van der Waals surface area contributed by atoms with Crippen LogP contribution < -0.4 is 5.73 Å². The molecular weight excluding hydrogens is 269 g/mol. The van der Waals surface area contributed by atoms with Gasteiger partial charge in [-0.2, -0.15) is 13.2 Å². The van der Waals surface area contributed by atoms with Crippen LogP contribution in [0.15, 0.2) is 29.3 Å². The van der Waals surface area contributed by atoms with E-state index in [0.717, 1.165) is 11.6 Å². The SMILES string of the molecule is FC(F)(F)c1ccccc1CN=C=S.NC=S. The Balaban J connectivity index is 0.000000770. The number of benzene rings is 1. The molecular formula is C10H9F3N2S2. The predicted octanol–water partition coefficient (Wildman–Crippen LogP) is 3.21. The molecule has 17 heavy (non-hydrogen) atoms. The quantitative estimate of drug-likeness (QED) is 0.667. The summed E-state index contributed by atoms with van der Waals surface area (Å²) in [6.45, 7) is -0.0841. The molecule has 0 spiro atoms. The van der Waals surface area contributed by atoms with Crippen molar-refractivity contribution < 1.29 is 13.2 Å². The molecule has 0 bridgehead atoms. The first kappa shape index (κ1) is 15.7. The lowest BCUT2D eigenvalue weighted by Gasteiger charge is -2.10. The second-order valence-electron chi connectivity index (χ2n) is 2.70. The molecule has 0 aliphatic heterocycles. The molecule has 7 heteroatoms. The van der Waals surface area contributed by atoms with Gasteiger partial charge in [-0.1, -0.05) is 30.4 Å². The van der Waals surface area contributed by atoms with Crippen molar-refractivity contribution in [2.45, 2.75) is 12.7 Å². The predicted molar refractivity (Wildman–Crippen MR) is 68.0 cm³/mol. The summed E-state index contributed by atoms with van der Waals surface area (Å²) >= 11 is 8.34. The summed E-state index contributed by atoms with van der Waals surface area (Å²) in [5.41, 5.74) is 5.06. The zero-order chi connectivity index (χ0) is 13.3. The van der Waals surface area contributed by atoms with Crippen LogP contribution in [0, 0.1) is 0 Å². The van der Waals surface area contributed by atoms with Gasteiger partial charge in [0.15, 0.2) is 0 Å². The van der Waals surface area contributed by atoms with Crippen LogP contribution in [-0.2, 0) is 12.7 Å². The molecule has 1 aromatic rings. The molecule has 92 valence electrons. The Labute approximate surface area is 107 Å². The Morgan fingerprint density at radius 2 is 1.88 bits per heavy atom. The molecule has 0 heterocycles. The maximum atomic E-state index is 12.4. The third kappa shape index (κ3) is 6.11. The van der Waals surface area contributed by atoms with E-state index in [4.69, 9.17) is 0 Å². The summed E-state index contributed by atoms with van der Waals surface area (Å²) in [4.78, 5) is 3.48. The summed E-state index contributed by atoms with van der Waals surface area (Å²) in [6.07, 6.45) is -4.34. The van der Waals surface area contributed by atoms with Gasteiger partial charge in [-0.25, -0.2) is 4.99 Å². The van der Waals surface area contributed by atoms with E-state index < -0.39 is 11.7 Å². The summed E-state index contributed by atoms with van der Waals surface area (Å²) in [5, 5.41) is 2.04. The van der Waals surface area contributed by atoms with Gasteiger partial charge in [0.05, 0.1) is 22.8 Å². The monoisotopic (exact) mass is 278 g/mol. The fourth-order valence-corrected chi connectivity index (χ4v) is 1.12. The molecule has 1 rings (SSSR count). The number of aliphatic imine (C=N–C) groups is 1. The Hall–Kier alpha value is -1.30. The average molecular weight is 278 g/mol. The number of alkyl halides is 3. The molecule has 0 saturated carbocycles. The molecule has 1 aromatic carbocycles. The van der Waals surface area contributed by atoms with Gasteiger partial charge < -0.3 is 5.73 Å². The van der Waals surface area contributed by atoms with E-state index in [1.54, 1.807) is 0 Å². The van der Waals surface area contributed by atoms with Crippen molar-refractivity contribution in [1.82, 2.24) is 0 Å². The lowest BCUT2D eigenvalue weighted by atomic mass is 10.1. The first-order chi connectivity index (χ1) is 7.97. The molecule has 0 radical (unpaired) electrons. The van der Waals surface area contributed by atoms with Crippen molar-refractivity contribution in [2.24, 2.45) is 10.7 Å². The topological polar surface area (TPSA) is 38.4 Å². The van der Waals surface area contributed by atoms with Gasteiger partial charge >= 0.3 is 6.18 Å². The Kier molecular flexibility index (Phi) is 7.29. The van der Waals surface area contributed by atoms with E-state index in [1.165, 1.54) is 18.2 Å². The van der Waals surface area contributed by atoms with E-state index >= 15 is 0 Å². The summed E-state index contributed by atoms with van der Waals surface area (Å²) < 4.78 is 37.2. The number of isothiocyanates is 1. The van der Waals surface area contributed by atoms with E-state index in [1.807, 2.05) is 5.16 Å². The summed E-state index contributed by atoms with van der Waals surface area (Å²) in [6, 6.07) is 5.27. The normalized spacial score (nSPS) is 9.59. The Bertz CT molecular complexity index is 412. The number of hydrogen-bond donors (Lipinski definition) is 1. The highest BCUT2D eigenvalue weighted by atomic mass is 32.1. The van der Waals surface area contributed by atoms with Crippen molar-refractivity contribution in [1.29, 1.82) is 0 Å². The number of nitrogens with zero attached hydrogens (tertiary/aromatic N) is 1. The first-order valence-corrected chi connectivity index (χ1v) is 5.19. The van der Waals surface area contributed by atoms with Crippen LogP contribution in [0.25, 0.3) is 0 Å². The van der Waals surface area contributed by atoms with Gasteiger partial charge in [0.1, 0.15) is 0 Å². The Morgan fingerprint density at radius 1 is 1.35 bits per heavy atom. The fourth-order valence-electron chi connectivity index (χ4n) is 1.05. The number of rotatable bonds is 2. The summed E-state index contributed by atoms with van der Waals surface area (Å²) in [5.74, 6) is 0. The minimum absolute atomic E-state index is 0.0841. The van der Waals surface area contributed by atoms with E-state index in [9.17, 15) is 13.2 Å². The van der Waals surface area contributed by atoms with Gasteiger partial charge in [-0.15, -0.1) is 0 Å². The number of hydrogen-bond acceptors (Lipinski definition) is 3. The third-order valence-electron chi connectivity index (χ3n) is 1.64. The summed E-state index contributed by atoms with van der Waals surface area (Å²) in [7, 11) is 0. The van der Waals surface area contributed by atoms with Crippen LogP contribution in [0.5, 0.6) is 0 Å². The largest absolute Gasteiger partial charge is 0.416 e. The third-order valence-corrected chi connectivity index (χ3v) is 1.77. The Morgan fingerprint density at radius 3 is 2.35 bits per heavy atom. The van der Waals surface area contributed by atoms with Crippen LogP contribution >= 0.6 is 24.4 Å². The van der Waals surface area contributed by atoms with Crippen molar-refractivity contribution in [3.63, 3.8) is 0 Å². The maximum Gasteiger partial charge on any atom is 0.416 e. The minimum atomic E-state index is -4.34. The van der Waals surface area contributed by atoms with Crippen molar-refractivity contribution in [2.75, 3.05) is 0 Å². The molecule has 0 aliphatic carbocycles. The van der Waals surface area contributed by atoms with E-state index in [-0.39, 0.29) is 12.1 Å². The molecule has 0 amide bonds. The second kappa shape index (κ2) is 7.89. The van der Waals surface area contributed by atoms with Crippen LogP contribution in [0.3, 0.4) is 0 Å². The number of nitrogens with two attached hydrogens (primary N) is 1. The molecule has 0 atom stereocenters. The molecule has 0 unspecified atom stereocenters. The zero-order valence-corrected chi connectivity index (χ0v) is 10.2. The van der Waals surface area contributed by atoms with Gasteiger partial charge in [0.25, 0.3) is 0 Å². The van der Waals surface area contributed by atoms with Crippen LogP contribution in [0.2, 0.25) is 0 Å². The molecule has 2 N–H and O–H groups in total. The second-order valence-corrected chi connectivity index (χ2v) is 3.15. The molecule has 2 nitrogen and oxygen atoms in total. The van der Waals surface area contributed by atoms with Crippen LogP contribution in [-0.4, -0.2) is 10.7 Å². The van der Waals surface area contributed by atoms with Crippen molar-refractivity contribution in [3.05, 3.63) is 35.4 Å². The van der Waals surface area contributed by atoms with Crippen molar-refractivity contribution >= 4 is 35.1 Å². The highest BCUT2D eigenvalue weighted by molar-refractivity contribution is 7.78. The fraction of sp³-hybridized carbons (Fsp3) is 0.200. The van der Waals surface area contributed by atoms with E-state index in [0.29, 0.717) is 0 Å². The van der Waals surface area contributed by atoms with E-state index in [2.05, 4.69) is 35.2 Å². The van der Waals surface area contributed by atoms with Crippen molar-refractivity contribution in [3.8, 4) is 0 Å². The minimum Gasteiger partial charge on any atom is -0.396 e. The van der Waals surface area contributed by atoms with Crippen LogP contribution in [0.1, 0.15) is 11.1 Å². The lowest BCUT2D eigenvalue weighted by molar-refractivity contribution is -0.138. The molecule has 0 aromatic heterocycles.